The number of amides is 2. The molecule has 0 unspecified atom stereocenters. The highest BCUT2D eigenvalue weighted by Crippen LogP contribution is 2.27. The smallest absolute Gasteiger partial charge is 0.459 e. The zero-order valence-electron chi connectivity index (χ0n) is 12.3. The standard InChI is InChI=1S/C15H10F3N3O4/c16-15(17,18)25-9-3-4-10-8(6-9)7-11(20-10)13(22)21(19)14(23)12-2-1-5-24-12/h1-7,20H,19H2. The van der Waals surface area contributed by atoms with Crippen molar-refractivity contribution in [2.24, 2.45) is 5.84 Å². The van der Waals surface area contributed by atoms with Crippen LogP contribution in [0.4, 0.5) is 13.2 Å². The van der Waals surface area contributed by atoms with Crippen LogP contribution in [0.2, 0.25) is 0 Å². The van der Waals surface area contributed by atoms with E-state index in [1.54, 1.807) is 0 Å². The van der Waals surface area contributed by atoms with Gasteiger partial charge in [-0.25, -0.2) is 10.9 Å². The second-order valence-corrected chi connectivity index (χ2v) is 4.94. The Hall–Kier alpha value is -3.27. The lowest BCUT2D eigenvalue weighted by Crippen LogP contribution is -2.42. The molecular formula is C15H10F3N3O4. The number of aromatic nitrogens is 1. The Kier molecular flexibility index (Phi) is 3.97. The number of furan rings is 1. The first-order valence-corrected chi connectivity index (χ1v) is 6.80. The van der Waals surface area contributed by atoms with Gasteiger partial charge in [0.1, 0.15) is 11.4 Å². The van der Waals surface area contributed by atoms with Crippen molar-refractivity contribution in [3.8, 4) is 5.75 Å². The molecule has 0 fully saturated rings. The number of hydrazine groups is 1. The van der Waals surface area contributed by atoms with Crippen molar-refractivity contribution in [2.45, 2.75) is 6.36 Å². The van der Waals surface area contributed by atoms with Crippen LogP contribution in [0, 0.1) is 0 Å². The highest BCUT2D eigenvalue weighted by molar-refractivity contribution is 6.09. The Morgan fingerprint density at radius 1 is 1.16 bits per heavy atom. The molecule has 10 heteroatoms. The van der Waals surface area contributed by atoms with Crippen molar-refractivity contribution < 1.29 is 31.9 Å². The fourth-order valence-electron chi connectivity index (χ4n) is 2.16. The van der Waals surface area contributed by atoms with E-state index in [1.807, 2.05) is 0 Å². The Bertz CT molecular complexity index is 931. The number of fused-ring (bicyclic) bond motifs is 1. The number of carbonyl (C=O) groups excluding carboxylic acids is 2. The number of carbonyl (C=O) groups is 2. The van der Waals surface area contributed by atoms with Gasteiger partial charge in [0.05, 0.1) is 6.26 Å². The lowest BCUT2D eigenvalue weighted by Gasteiger charge is -2.11. The maximum Gasteiger partial charge on any atom is 0.573 e. The number of H-pyrrole nitrogens is 1. The fourth-order valence-corrected chi connectivity index (χ4v) is 2.16. The minimum Gasteiger partial charge on any atom is -0.459 e. The summed E-state index contributed by atoms with van der Waals surface area (Å²) < 4.78 is 45.4. The van der Waals surface area contributed by atoms with E-state index in [-0.39, 0.29) is 16.8 Å². The van der Waals surface area contributed by atoms with E-state index in [1.165, 1.54) is 30.5 Å². The van der Waals surface area contributed by atoms with Crippen LogP contribution in [0.3, 0.4) is 0 Å². The average Bonchev–Trinajstić information content (AvgIpc) is 3.20. The molecule has 0 saturated heterocycles. The van der Waals surface area contributed by atoms with Crippen molar-refractivity contribution in [3.05, 3.63) is 54.1 Å². The predicted molar refractivity (Wildman–Crippen MR) is 78.4 cm³/mol. The van der Waals surface area contributed by atoms with Crippen LogP contribution >= 0.6 is 0 Å². The molecule has 7 nitrogen and oxygen atoms in total. The molecule has 0 atom stereocenters. The molecule has 2 heterocycles. The molecule has 0 aliphatic heterocycles. The summed E-state index contributed by atoms with van der Waals surface area (Å²) in [6.45, 7) is 0. The largest absolute Gasteiger partial charge is 0.573 e. The highest BCUT2D eigenvalue weighted by atomic mass is 19.4. The highest BCUT2D eigenvalue weighted by Gasteiger charge is 2.31. The molecule has 0 radical (unpaired) electrons. The summed E-state index contributed by atoms with van der Waals surface area (Å²) in [5.41, 5.74) is 0.290. The number of halogens is 3. The average molecular weight is 353 g/mol. The van der Waals surface area contributed by atoms with Gasteiger partial charge in [-0.2, -0.15) is 0 Å². The van der Waals surface area contributed by atoms with E-state index in [4.69, 9.17) is 10.3 Å². The third kappa shape index (κ3) is 3.48. The van der Waals surface area contributed by atoms with Gasteiger partial charge in [-0.15, -0.1) is 13.2 Å². The zero-order chi connectivity index (χ0) is 18.2. The first-order chi connectivity index (χ1) is 11.7. The van der Waals surface area contributed by atoms with Crippen molar-refractivity contribution >= 4 is 22.7 Å². The van der Waals surface area contributed by atoms with Crippen molar-refractivity contribution in [3.63, 3.8) is 0 Å². The monoisotopic (exact) mass is 353 g/mol. The number of nitrogens with one attached hydrogen (secondary N) is 1. The van der Waals surface area contributed by atoms with Crippen LogP contribution in [0.5, 0.6) is 5.75 Å². The molecular weight excluding hydrogens is 343 g/mol. The number of alkyl halides is 3. The van der Waals surface area contributed by atoms with Crippen LogP contribution < -0.4 is 10.6 Å². The number of rotatable bonds is 3. The first-order valence-electron chi connectivity index (χ1n) is 6.80. The van der Waals surface area contributed by atoms with E-state index in [2.05, 4.69) is 9.72 Å². The zero-order valence-corrected chi connectivity index (χ0v) is 12.3. The van der Waals surface area contributed by atoms with Crippen LogP contribution in [-0.4, -0.2) is 28.2 Å². The normalized spacial score (nSPS) is 11.5. The molecule has 130 valence electrons. The molecule has 0 aliphatic carbocycles. The van der Waals surface area contributed by atoms with Crippen molar-refractivity contribution in [2.75, 3.05) is 0 Å². The van der Waals surface area contributed by atoms with Gasteiger partial charge in [-0.1, -0.05) is 0 Å². The molecule has 0 bridgehead atoms. The van der Waals surface area contributed by atoms with Crippen LogP contribution in [0.1, 0.15) is 21.0 Å². The molecule has 2 aromatic heterocycles. The van der Waals surface area contributed by atoms with Gasteiger partial charge in [0.15, 0.2) is 5.76 Å². The SMILES string of the molecule is NN(C(=O)c1cc2cc(OC(F)(F)F)ccc2[nH]1)C(=O)c1ccco1. The Morgan fingerprint density at radius 2 is 1.92 bits per heavy atom. The van der Waals surface area contributed by atoms with Crippen molar-refractivity contribution in [1.29, 1.82) is 0 Å². The molecule has 0 aliphatic rings. The number of aromatic amines is 1. The molecule has 3 N–H and O–H groups in total. The molecule has 2 amide bonds. The molecule has 25 heavy (non-hydrogen) atoms. The molecule has 0 saturated carbocycles. The van der Waals surface area contributed by atoms with Gasteiger partial charge in [-0.05, 0) is 36.4 Å². The molecule has 0 spiro atoms. The van der Waals surface area contributed by atoms with Gasteiger partial charge in [0.25, 0.3) is 5.91 Å². The molecule has 3 rings (SSSR count). The summed E-state index contributed by atoms with van der Waals surface area (Å²) in [5.74, 6) is 3.19. The minimum atomic E-state index is -4.83. The van der Waals surface area contributed by atoms with Gasteiger partial charge in [0, 0.05) is 10.9 Å². The van der Waals surface area contributed by atoms with Gasteiger partial charge in [0.2, 0.25) is 0 Å². The summed E-state index contributed by atoms with van der Waals surface area (Å²) in [6.07, 6.45) is -3.58. The van der Waals surface area contributed by atoms with E-state index in [0.29, 0.717) is 10.5 Å². The van der Waals surface area contributed by atoms with Crippen LogP contribution in [0.25, 0.3) is 10.9 Å². The van der Waals surface area contributed by atoms with Crippen molar-refractivity contribution in [1.82, 2.24) is 9.99 Å². The van der Waals surface area contributed by atoms with E-state index >= 15 is 0 Å². The maximum atomic E-state index is 12.3. The quantitative estimate of drug-likeness (QED) is 0.326. The van der Waals surface area contributed by atoms with E-state index in [0.717, 1.165) is 12.1 Å². The predicted octanol–water partition coefficient (Wildman–Crippen LogP) is 2.82. The Balaban J connectivity index is 1.85. The molecule has 1 aromatic carbocycles. The lowest BCUT2D eigenvalue weighted by molar-refractivity contribution is -0.274. The number of imide groups is 1. The number of hydrogen-bond acceptors (Lipinski definition) is 5. The first kappa shape index (κ1) is 16.6. The van der Waals surface area contributed by atoms with Crippen LogP contribution in [0.15, 0.2) is 47.1 Å². The van der Waals surface area contributed by atoms with E-state index < -0.39 is 23.9 Å². The summed E-state index contributed by atoms with van der Waals surface area (Å²) in [5, 5.41) is 0.625. The van der Waals surface area contributed by atoms with Gasteiger partial charge >= 0.3 is 12.3 Å². The number of nitrogens with zero attached hydrogens (tertiary/aromatic N) is 1. The van der Waals surface area contributed by atoms with Crippen LogP contribution in [-0.2, 0) is 0 Å². The number of benzene rings is 1. The topological polar surface area (TPSA) is 102 Å². The summed E-state index contributed by atoms with van der Waals surface area (Å²) in [4.78, 5) is 26.9. The third-order valence-corrected chi connectivity index (χ3v) is 3.23. The summed E-state index contributed by atoms with van der Waals surface area (Å²) in [7, 11) is 0. The van der Waals surface area contributed by atoms with Gasteiger partial charge in [-0.3, -0.25) is 9.59 Å². The van der Waals surface area contributed by atoms with E-state index in [9.17, 15) is 22.8 Å². The third-order valence-electron chi connectivity index (χ3n) is 3.23. The summed E-state index contributed by atoms with van der Waals surface area (Å²) >= 11 is 0. The van der Waals surface area contributed by atoms with Gasteiger partial charge < -0.3 is 14.1 Å². The number of hydrogen-bond donors (Lipinski definition) is 2. The Morgan fingerprint density at radius 3 is 2.56 bits per heavy atom. The lowest BCUT2D eigenvalue weighted by atomic mass is 10.2. The second-order valence-electron chi connectivity index (χ2n) is 4.94. The number of ether oxygens (including phenoxy) is 1. The second kappa shape index (κ2) is 5.98. The Labute approximate surface area is 137 Å². The number of nitrogens with two attached hydrogens (primary N) is 1. The fraction of sp³-hybridized carbons (Fsp3) is 0.0667. The molecule has 3 aromatic rings. The summed E-state index contributed by atoms with van der Waals surface area (Å²) in [6, 6.07) is 7.55. The minimum absolute atomic E-state index is 0.0819. The maximum absolute atomic E-state index is 12.3.